The van der Waals surface area contributed by atoms with E-state index in [0.29, 0.717) is 12.5 Å². The van der Waals surface area contributed by atoms with Crippen molar-refractivity contribution in [2.24, 2.45) is 5.92 Å². The van der Waals surface area contributed by atoms with Gasteiger partial charge in [0.05, 0.1) is 18.8 Å². The van der Waals surface area contributed by atoms with Crippen LogP contribution < -0.4 is 0 Å². The van der Waals surface area contributed by atoms with Gasteiger partial charge in [-0.05, 0) is 24.3 Å². The zero-order chi connectivity index (χ0) is 17.0. The molecule has 0 bridgehead atoms. The SMILES string of the molecule is CN(C)C(=O)COC[C@H]1CCC[C@]12CN(Cc1cccs1)CCO2. The number of rotatable bonds is 6. The van der Waals surface area contributed by atoms with E-state index in [-0.39, 0.29) is 18.1 Å². The van der Waals surface area contributed by atoms with Crippen LogP contribution in [0.15, 0.2) is 17.5 Å². The number of amides is 1. The Kier molecular flexibility index (Phi) is 5.92. The molecule has 2 aliphatic rings. The predicted molar refractivity (Wildman–Crippen MR) is 95.1 cm³/mol. The van der Waals surface area contributed by atoms with Gasteiger partial charge >= 0.3 is 0 Å². The van der Waals surface area contributed by atoms with Gasteiger partial charge in [0.1, 0.15) is 6.61 Å². The van der Waals surface area contributed by atoms with Gasteiger partial charge < -0.3 is 14.4 Å². The van der Waals surface area contributed by atoms with Gasteiger partial charge in [0.25, 0.3) is 0 Å². The van der Waals surface area contributed by atoms with Gasteiger partial charge in [0, 0.05) is 44.5 Å². The van der Waals surface area contributed by atoms with Crippen molar-refractivity contribution in [2.75, 3.05) is 47.0 Å². The van der Waals surface area contributed by atoms with Crippen LogP contribution in [-0.2, 0) is 20.8 Å². The van der Waals surface area contributed by atoms with Crippen molar-refractivity contribution in [3.05, 3.63) is 22.4 Å². The molecular weight excluding hydrogens is 324 g/mol. The smallest absolute Gasteiger partial charge is 0.248 e. The second-order valence-corrected chi connectivity index (χ2v) is 8.13. The fourth-order valence-corrected chi connectivity index (χ4v) is 4.55. The van der Waals surface area contributed by atoms with E-state index in [9.17, 15) is 4.79 Å². The van der Waals surface area contributed by atoms with Crippen LogP contribution in [0, 0.1) is 5.92 Å². The van der Waals surface area contributed by atoms with E-state index >= 15 is 0 Å². The molecule has 134 valence electrons. The van der Waals surface area contributed by atoms with Gasteiger partial charge in [-0.3, -0.25) is 9.69 Å². The van der Waals surface area contributed by atoms with E-state index in [2.05, 4.69) is 22.4 Å². The summed E-state index contributed by atoms with van der Waals surface area (Å²) >= 11 is 1.82. The largest absolute Gasteiger partial charge is 0.372 e. The van der Waals surface area contributed by atoms with Gasteiger partial charge in [-0.1, -0.05) is 12.5 Å². The van der Waals surface area contributed by atoms with Crippen LogP contribution in [0.5, 0.6) is 0 Å². The zero-order valence-electron chi connectivity index (χ0n) is 14.7. The molecule has 3 rings (SSSR count). The molecule has 1 saturated heterocycles. The third-order valence-corrected chi connectivity index (χ3v) is 6.05. The molecule has 1 aromatic rings. The Labute approximate surface area is 148 Å². The first-order valence-electron chi connectivity index (χ1n) is 8.76. The number of ether oxygens (including phenoxy) is 2. The van der Waals surface area contributed by atoms with Crippen LogP contribution in [0.3, 0.4) is 0 Å². The summed E-state index contributed by atoms with van der Waals surface area (Å²) in [5, 5.41) is 2.14. The number of hydrogen-bond acceptors (Lipinski definition) is 5. The number of carbonyl (C=O) groups is 1. The number of thiophene rings is 1. The number of likely N-dealkylation sites (N-methyl/N-ethyl adjacent to an activating group) is 1. The molecule has 2 heterocycles. The van der Waals surface area contributed by atoms with Crippen LogP contribution in [0.1, 0.15) is 24.1 Å². The molecule has 6 heteroatoms. The molecule has 0 N–H and O–H groups in total. The van der Waals surface area contributed by atoms with Gasteiger partial charge in [-0.15, -0.1) is 11.3 Å². The van der Waals surface area contributed by atoms with Crippen molar-refractivity contribution in [3.63, 3.8) is 0 Å². The number of carbonyl (C=O) groups excluding carboxylic acids is 1. The Balaban J connectivity index is 1.55. The Hall–Kier alpha value is -0.950. The molecule has 1 aromatic heterocycles. The first-order chi connectivity index (χ1) is 11.6. The highest BCUT2D eigenvalue weighted by molar-refractivity contribution is 7.09. The molecule has 24 heavy (non-hydrogen) atoms. The van der Waals surface area contributed by atoms with Crippen molar-refractivity contribution < 1.29 is 14.3 Å². The average Bonchev–Trinajstić information content (AvgIpc) is 3.18. The summed E-state index contributed by atoms with van der Waals surface area (Å²) < 4.78 is 12.0. The molecule has 1 saturated carbocycles. The molecule has 1 aliphatic carbocycles. The van der Waals surface area contributed by atoms with E-state index in [4.69, 9.17) is 9.47 Å². The van der Waals surface area contributed by atoms with E-state index in [1.54, 1.807) is 19.0 Å². The lowest BCUT2D eigenvalue weighted by molar-refractivity contribution is -0.149. The zero-order valence-corrected chi connectivity index (χ0v) is 15.5. The van der Waals surface area contributed by atoms with E-state index in [1.807, 2.05) is 11.3 Å². The molecule has 2 atom stereocenters. The molecule has 0 radical (unpaired) electrons. The Morgan fingerprint density at radius 2 is 2.42 bits per heavy atom. The number of morpholine rings is 1. The molecule has 2 fully saturated rings. The highest BCUT2D eigenvalue weighted by Gasteiger charge is 2.46. The molecular formula is C18H28N2O3S. The molecule has 1 amide bonds. The van der Waals surface area contributed by atoms with Crippen LogP contribution >= 0.6 is 11.3 Å². The first kappa shape index (κ1) is 17.9. The summed E-state index contributed by atoms with van der Waals surface area (Å²) in [7, 11) is 3.52. The monoisotopic (exact) mass is 352 g/mol. The van der Waals surface area contributed by atoms with Crippen LogP contribution in [0.25, 0.3) is 0 Å². The maximum atomic E-state index is 11.7. The van der Waals surface area contributed by atoms with Gasteiger partial charge in [0.15, 0.2) is 0 Å². The maximum Gasteiger partial charge on any atom is 0.248 e. The fraction of sp³-hybridized carbons (Fsp3) is 0.722. The molecule has 0 unspecified atom stereocenters. The maximum absolute atomic E-state index is 11.7. The lowest BCUT2D eigenvalue weighted by atomic mass is 9.89. The van der Waals surface area contributed by atoms with Crippen LogP contribution in [-0.4, -0.2) is 68.3 Å². The van der Waals surface area contributed by atoms with Gasteiger partial charge in [-0.25, -0.2) is 0 Å². The minimum atomic E-state index is -0.0866. The predicted octanol–water partition coefficient (Wildman–Crippen LogP) is 2.22. The highest BCUT2D eigenvalue weighted by atomic mass is 32.1. The molecule has 5 nitrogen and oxygen atoms in total. The second-order valence-electron chi connectivity index (χ2n) is 7.10. The summed E-state index contributed by atoms with van der Waals surface area (Å²) in [5.74, 6) is 0.407. The van der Waals surface area contributed by atoms with Gasteiger partial charge in [0.2, 0.25) is 5.91 Å². The van der Waals surface area contributed by atoms with E-state index in [1.165, 1.54) is 11.3 Å². The fourth-order valence-electron chi connectivity index (χ4n) is 3.80. The lowest BCUT2D eigenvalue weighted by Crippen LogP contribution is -2.54. The summed E-state index contributed by atoms with van der Waals surface area (Å²) in [6, 6.07) is 4.32. The second kappa shape index (κ2) is 7.95. The van der Waals surface area contributed by atoms with Gasteiger partial charge in [-0.2, -0.15) is 0 Å². The summed E-state index contributed by atoms with van der Waals surface area (Å²) in [5.41, 5.74) is -0.0866. The third kappa shape index (κ3) is 4.17. The number of hydrogen-bond donors (Lipinski definition) is 0. The molecule has 1 spiro atoms. The normalized spacial score (nSPS) is 27.7. The lowest BCUT2D eigenvalue weighted by Gasteiger charge is -2.44. The number of nitrogens with zero attached hydrogens (tertiary/aromatic N) is 2. The Bertz CT molecular complexity index is 534. The van der Waals surface area contributed by atoms with Crippen molar-refractivity contribution in [1.82, 2.24) is 9.80 Å². The van der Waals surface area contributed by atoms with Crippen LogP contribution in [0.4, 0.5) is 0 Å². The Morgan fingerprint density at radius 1 is 1.54 bits per heavy atom. The summed E-state index contributed by atoms with van der Waals surface area (Å²) in [6.07, 6.45) is 3.41. The quantitative estimate of drug-likeness (QED) is 0.787. The van der Waals surface area contributed by atoms with E-state index < -0.39 is 0 Å². The summed E-state index contributed by atoms with van der Waals surface area (Å²) in [6.45, 7) is 4.55. The van der Waals surface area contributed by atoms with Crippen LogP contribution in [0.2, 0.25) is 0 Å². The minimum absolute atomic E-state index is 0.0194. The van der Waals surface area contributed by atoms with Crippen molar-refractivity contribution in [3.8, 4) is 0 Å². The Morgan fingerprint density at radius 3 is 3.17 bits per heavy atom. The average molecular weight is 353 g/mol. The molecule has 0 aromatic carbocycles. The summed E-state index contributed by atoms with van der Waals surface area (Å²) in [4.78, 5) is 17.2. The van der Waals surface area contributed by atoms with Crippen molar-refractivity contribution >= 4 is 17.2 Å². The molecule has 1 aliphatic heterocycles. The standard InChI is InChI=1S/C18H28N2O3S/c1-19(2)17(21)13-22-12-15-5-3-7-18(15)14-20(8-9-23-18)11-16-6-4-10-24-16/h4,6,10,15H,3,5,7-9,11-14H2,1-2H3/t15-,18+/m1/s1. The van der Waals surface area contributed by atoms with E-state index in [0.717, 1.165) is 39.1 Å². The van der Waals surface area contributed by atoms with Crippen molar-refractivity contribution in [2.45, 2.75) is 31.4 Å². The first-order valence-corrected chi connectivity index (χ1v) is 9.64. The topological polar surface area (TPSA) is 42.0 Å². The minimum Gasteiger partial charge on any atom is -0.372 e. The highest BCUT2D eigenvalue weighted by Crippen LogP contribution is 2.41. The van der Waals surface area contributed by atoms with Crippen molar-refractivity contribution in [1.29, 1.82) is 0 Å². The third-order valence-electron chi connectivity index (χ3n) is 5.19.